The maximum atomic E-state index is 13.6. The Morgan fingerprint density at radius 2 is 2.21 bits per heavy atom. The van der Waals surface area contributed by atoms with Gasteiger partial charge in [-0.15, -0.1) is 0 Å². The average molecular weight is 264 g/mol. The van der Waals surface area contributed by atoms with Crippen LogP contribution in [0.4, 0.5) is 4.39 Å². The van der Waals surface area contributed by atoms with E-state index in [9.17, 15) is 4.39 Å². The zero-order valence-electron chi connectivity index (χ0n) is 11.4. The van der Waals surface area contributed by atoms with Crippen LogP contribution in [0.1, 0.15) is 31.2 Å². The lowest BCUT2D eigenvalue weighted by Gasteiger charge is -2.53. The fourth-order valence-corrected chi connectivity index (χ4v) is 3.54. The van der Waals surface area contributed by atoms with Gasteiger partial charge in [0.25, 0.3) is 0 Å². The predicted octanol–water partition coefficient (Wildman–Crippen LogP) is 2.61. The fourth-order valence-electron chi connectivity index (χ4n) is 3.54. The van der Waals surface area contributed by atoms with Gasteiger partial charge in [0.1, 0.15) is 5.82 Å². The van der Waals surface area contributed by atoms with Crippen molar-refractivity contribution in [2.75, 3.05) is 20.2 Å². The molecule has 2 heterocycles. The first-order valence-corrected chi connectivity index (χ1v) is 7.07. The molecular formula is C15H21FN2O. The second-order valence-corrected chi connectivity index (χ2v) is 5.87. The zero-order chi connectivity index (χ0) is 13.3. The third-order valence-electron chi connectivity index (χ3n) is 4.97. The Morgan fingerprint density at radius 3 is 2.79 bits per heavy atom. The van der Waals surface area contributed by atoms with Gasteiger partial charge in [0.15, 0.2) is 0 Å². The Labute approximate surface area is 113 Å². The molecule has 104 valence electrons. The Kier molecular flexibility index (Phi) is 3.54. The Morgan fingerprint density at radius 1 is 1.42 bits per heavy atom. The van der Waals surface area contributed by atoms with Crippen molar-refractivity contribution in [3.63, 3.8) is 0 Å². The molecular weight excluding hydrogens is 243 g/mol. The number of likely N-dealkylation sites (tertiary alicyclic amines) is 1. The zero-order valence-corrected chi connectivity index (χ0v) is 11.4. The number of ether oxygens (including phenoxy) is 1. The number of hydrogen-bond donors (Lipinski definition) is 0. The van der Waals surface area contributed by atoms with Crippen molar-refractivity contribution >= 4 is 0 Å². The topological polar surface area (TPSA) is 25.4 Å². The van der Waals surface area contributed by atoms with Crippen molar-refractivity contribution in [3.05, 3.63) is 29.8 Å². The maximum Gasteiger partial charge on any atom is 0.145 e. The molecule has 2 fully saturated rings. The van der Waals surface area contributed by atoms with Gasteiger partial charge in [-0.2, -0.15) is 0 Å². The van der Waals surface area contributed by atoms with E-state index in [2.05, 4.69) is 9.88 Å². The van der Waals surface area contributed by atoms with E-state index < -0.39 is 0 Å². The SMILES string of the molecule is COC1CCC12CCN(Cc1ccncc1F)CC2. The molecule has 0 bridgehead atoms. The van der Waals surface area contributed by atoms with Crippen molar-refractivity contribution in [1.29, 1.82) is 0 Å². The molecule has 0 amide bonds. The molecule has 1 spiro atoms. The summed E-state index contributed by atoms with van der Waals surface area (Å²) in [6, 6.07) is 1.78. The minimum Gasteiger partial charge on any atom is -0.381 e. The highest BCUT2D eigenvalue weighted by Gasteiger charge is 2.48. The first-order valence-electron chi connectivity index (χ1n) is 7.07. The number of pyridine rings is 1. The molecule has 3 nitrogen and oxygen atoms in total. The van der Waals surface area contributed by atoms with E-state index in [1.54, 1.807) is 12.3 Å². The third kappa shape index (κ3) is 2.39. The van der Waals surface area contributed by atoms with Crippen molar-refractivity contribution < 1.29 is 9.13 Å². The average Bonchev–Trinajstić information content (AvgIpc) is 2.42. The van der Waals surface area contributed by atoms with Crippen LogP contribution in [0.3, 0.4) is 0 Å². The summed E-state index contributed by atoms with van der Waals surface area (Å²) in [6.07, 6.45) is 8.27. The summed E-state index contributed by atoms with van der Waals surface area (Å²) in [5.74, 6) is -0.193. The highest BCUT2D eigenvalue weighted by Crippen LogP contribution is 2.50. The lowest BCUT2D eigenvalue weighted by atomic mass is 9.61. The second-order valence-electron chi connectivity index (χ2n) is 5.87. The molecule has 1 aromatic rings. The lowest BCUT2D eigenvalue weighted by Crippen LogP contribution is -2.52. The highest BCUT2D eigenvalue weighted by molar-refractivity contribution is 5.12. The lowest BCUT2D eigenvalue weighted by molar-refractivity contribution is -0.120. The highest BCUT2D eigenvalue weighted by atomic mass is 19.1. The molecule has 1 aliphatic carbocycles. The van der Waals surface area contributed by atoms with E-state index in [4.69, 9.17) is 4.74 Å². The van der Waals surface area contributed by atoms with Gasteiger partial charge in [0.2, 0.25) is 0 Å². The fraction of sp³-hybridized carbons (Fsp3) is 0.667. The molecule has 4 heteroatoms. The van der Waals surface area contributed by atoms with E-state index >= 15 is 0 Å². The standard InChI is InChI=1S/C15H21FN2O/c1-19-14-2-4-15(14)5-8-18(9-6-15)11-12-3-7-17-10-13(12)16/h3,7,10,14H,2,4-6,8-9,11H2,1H3. The number of aromatic nitrogens is 1. The van der Waals surface area contributed by atoms with Crippen LogP contribution in [-0.2, 0) is 11.3 Å². The van der Waals surface area contributed by atoms with Crippen LogP contribution >= 0.6 is 0 Å². The summed E-state index contributed by atoms with van der Waals surface area (Å²) in [7, 11) is 1.82. The van der Waals surface area contributed by atoms with Gasteiger partial charge in [-0.05, 0) is 50.3 Å². The predicted molar refractivity (Wildman–Crippen MR) is 71.2 cm³/mol. The number of hydrogen-bond acceptors (Lipinski definition) is 3. The molecule has 1 unspecified atom stereocenters. The van der Waals surface area contributed by atoms with Crippen LogP contribution < -0.4 is 0 Å². The Balaban J connectivity index is 1.58. The van der Waals surface area contributed by atoms with E-state index in [0.717, 1.165) is 18.7 Å². The molecule has 1 saturated heterocycles. The minimum atomic E-state index is -0.193. The van der Waals surface area contributed by atoms with Gasteiger partial charge < -0.3 is 4.74 Å². The normalized spacial score (nSPS) is 26.3. The summed E-state index contributed by atoms with van der Waals surface area (Å²) in [5.41, 5.74) is 1.17. The number of methoxy groups -OCH3 is 1. The molecule has 0 aromatic carbocycles. The summed E-state index contributed by atoms with van der Waals surface area (Å²) >= 11 is 0. The first kappa shape index (κ1) is 13.0. The van der Waals surface area contributed by atoms with E-state index in [-0.39, 0.29) is 5.82 Å². The number of nitrogens with zero attached hydrogens (tertiary/aromatic N) is 2. The monoisotopic (exact) mass is 264 g/mol. The van der Waals surface area contributed by atoms with Crippen molar-refractivity contribution in [1.82, 2.24) is 9.88 Å². The van der Waals surface area contributed by atoms with Crippen LogP contribution in [-0.4, -0.2) is 36.2 Å². The van der Waals surface area contributed by atoms with E-state index in [1.165, 1.54) is 31.9 Å². The molecule has 1 saturated carbocycles. The molecule has 2 aliphatic rings. The molecule has 1 aliphatic heterocycles. The minimum absolute atomic E-state index is 0.193. The van der Waals surface area contributed by atoms with Crippen molar-refractivity contribution in [2.24, 2.45) is 5.41 Å². The third-order valence-corrected chi connectivity index (χ3v) is 4.97. The number of rotatable bonds is 3. The van der Waals surface area contributed by atoms with Crippen LogP contribution in [0.5, 0.6) is 0 Å². The van der Waals surface area contributed by atoms with Gasteiger partial charge in [-0.1, -0.05) is 0 Å². The Hall–Kier alpha value is -1.00. The molecule has 3 rings (SSSR count). The van der Waals surface area contributed by atoms with Gasteiger partial charge in [0.05, 0.1) is 12.3 Å². The maximum absolute atomic E-state index is 13.6. The number of halogens is 1. The molecule has 0 N–H and O–H groups in total. The summed E-state index contributed by atoms with van der Waals surface area (Å²) in [6.45, 7) is 2.78. The molecule has 0 radical (unpaired) electrons. The van der Waals surface area contributed by atoms with Crippen molar-refractivity contribution in [3.8, 4) is 0 Å². The van der Waals surface area contributed by atoms with Crippen LogP contribution in [0.25, 0.3) is 0 Å². The van der Waals surface area contributed by atoms with Crippen LogP contribution in [0.15, 0.2) is 18.5 Å². The largest absolute Gasteiger partial charge is 0.381 e. The molecule has 19 heavy (non-hydrogen) atoms. The quantitative estimate of drug-likeness (QED) is 0.839. The first-order chi connectivity index (χ1) is 9.23. The van der Waals surface area contributed by atoms with Crippen LogP contribution in [0.2, 0.25) is 0 Å². The Bertz CT molecular complexity index is 442. The second kappa shape index (κ2) is 5.17. The summed E-state index contributed by atoms with van der Waals surface area (Å²) < 4.78 is 19.1. The smallest absolute Gasteiger partial charge is 0.145 e. The summed E-state index contributed by atoms with van der Waals surface area (Å²) in [5, 5.41) is 0. The summed E-state index contributed by atoms with van der Waals surface area (Å²) in [4.78, 5) is 6.14. The van der Waals surface area contributed by atoms with E-state index in [0.29, 0.717) is 18.1 Å². The molecule has 1 aromatic heterocycles. The van der Waals surface area contributed by atoms with Gasteiger partial charge in [-0.25, -0.2) is 4.39 Å². The van der Waals surface area contributed by atoms with Gasteiger partial charge >= 0.3 is 0 Å². The number of piperidine rings is 1. The van der Waals surface area contributed by atoms with E-state index in [1.807, 2.05) is 7.11 Å². The van der Waals surface area contributed by atoms with Gasteiger partial charge in [-0.3, -0.25) is 9.88 Å². The van der Waals surface area contributed by atoms with Crippen LogP contribution in [0, 0.1) is 11.2 Å². The van der Waals surface area contributed by atoms with Crippen molar-refractivity contribution in [2.45, 2.75) is 38.3 Å². The van der Waals surface area contributed by atoms with Gasteiger partial charge in [0, 0.05) is 25.4 Å². The molecule has 1 atom stereocenters.